The Kier molecular flexibility index (Phi) is 3.73. The molecule has 20 heavy (non-hydrogen) atoms. The summed E-state index contributed by atoms with van der Waals surface area (Å²) in [6.45, 7) is -0.432. The Morgan fingerprint density at radius 2 is 2.00 bits per heavy atom. The minimum absolute atomic E-state index is 0.0600. The topological polar surface area (TPSA) is 68.1 Å². The number of anilines is 1. The van der Waals surface area contributed by atoms with Crippen molar-refractivity contribution in [3.63, 3.8) is 0 Å². The highest BCUT2D eigenvalue weighted by molar-refractivity contribution is 5.95. The first-order valence-corrected chi connectivity index (χ1v) is 5.71. The Balaban J connectivity index is 2.37. The van der Waals surface area contributed by atoms with Crippen molar-refractivity contribution in [3.05, 3.63) is 40.6 Å². The maximum atomic E-state index is 12.1. The zero-order valence-electron chi connectivity index (χ0n) is 10.1. The molecule has 0 radical (unpaired) electrons. The minimum Gasteiger partial charge on any atom is -0.379 e. The molecule has 1 aromatic carbocycles. The third-order valence-electron chi connectivity index (χ3n) is 2.66. The van der Waals surface area contributed by atoms with E-state index in [2.05, 4.69) is 10.3 Å². The molecule has 0 saturated carbocycles. The van der Waals surface area contributed by atoms with Gasteiger partial charge in [0.15, 0.2) is 0 Å². The maximum absolute atomic E-state index is 12.1. The van der Waals surface area contributed by atoms with Gasteiger partial charge in [-0.2, -0.15) is 13.2 Å². The fourth-order valence-electron chi connectivity index (χ4n) is 1.78. The number of fused-ring (bicyclic) bond motifs is 1. The highest BCUT2D eigenvalue weighted by atomic mass is 19.4. The normalized spacial score (nSPS) is 11.6. The van der Waals surface area contributed by atoms with E-state index in [1.807, 2.05) is 0 Å². The molecule has 8 heteroatoms. The summed E-state index contributed by atoms with van der Waals surface area (Å²) in [5.41, 5.74) is 0.198. The monoisotopic (exact) mass is 285 g/mol. The van der Waals surface area contributed by atoms with Gasteiger partial charge in [-0.25, -0.2) is 4.98 Å². The molecule has 0 unspecified atom stereocenters. The lowest BCUT2D eigenvalue weighted by Crippen LogP contribution is -2.15. The summed E-state index contributed by atoms with van der Waals surface area (Å²) in [6, 6.07) is 6.54. The Morgan fingerprint density at radius 1 is 1.30 bits per heavy atom. The number of halogens is 3. The van der Waals surface area contributed by atoms with E-state index in [-0.39, 0.29) is 11.4 Å². The molecule has 0 saturated heterocycles. The maximum Gasteiger partial charge on any atom is 0.390 e. The number of hydrogen-bond acceptors (Lipinski definition) is 4. The molecule has 0 aliphatic rings. The number of nitrogens with one attached hydrogen (secondary N) is 1. The summed E-state index contributed by atoms with van der Waals surface area (Å²) < 4.78 is 36.4. The van der Waals surface area contributed by atoms with Gasteiger partial charge in [-0.3, -0.25) is 10.1 Å². The van der Waals surface area contributed by atoms with Crippen LogP contribution >= 0.6 is 0 Å². The molecule has 1 N–H and O–H groups in total. The molecule has 0 amide bonds. The number of benzene rings is 1. The first-order valence-electron chi connectivity index (χ1n) is 5.71. The van der Waals surface area contributed by atoms with Crippen LogP contribution in [0, 0.1) is 10.1 Å². The van der Waals surface area contributed by atoms with E-state index in [1.165, 1.54) is 0 Å². The lowest BCUT2D eigenvalue weighted by Gasteiger charge is -2.11. The largest absolute Gasteiger partial charge is 0.390 e. The van der Waals surface area contributed by atoms with Crippen molar-refractivity contribution in [2.75, 3.05) is 11.9 Å². The number of hydrogen-bond donors (Lipinski definition) is 1. The summed E-state index contributed by atoms with van der Waals surface area (Å²) in [6.07, 6.45) is -4.34. The Bertz CT molecular complexity index is 643. The predicted molar refractivity (Wildman–Crippen MR) is 67.6 cm³/mol. The van der Waals surface area contributed by atoms with Crippen LogP contribution in [0.15, 0.2) is 30.5 Å². The van der Waals surface area contributed by atoms with Gasteiger partial charge in [-0.1, -0.05) is 18.2 Å². The van der Waals surface area contributed by atoms with Crippen LogP contribution in [-0.2, 0) is 0 Å². The van der Waals surface area contributed by atoms with Gasteiger partial charge in [0.05, 0.1) is 16.9 Å². The molecule has 2 rings (SSSR count). The number of nitrogens with zero attached hydrogens (tertiary/aromatic N) is 2. The number of aromatic nitrogens is 1. The Labute approximate surface area is 111 Å². The average Bonchev–Trinajstić information content (AvgIpc) is 2.37. The lowest BCUT2D eigenvalue weighted by molar-refractivity contribution is -0.384. The molecular formula is C12H10F3N3O2. The van der Waals surface area contributed by atoms with Crippen molar-refractivity contribution < 1.29 is 18.1 Å². The second kappa shape index (κ2) is 5.32. The third-order valence-corrected chi connectivity index (χ3v) is 2.66. The van der Waals surface area contributed by atoms with Crippen molar-refractivity contribution in [1.82, 2.24) is 4.98 Å². The molecule has 0 aliphatic carbocycles. The van der Waals surface area contributed by atoms with E-state index in [1.54, 1.807) is 24.3 Å². The van der Waals surface area contributed by atoms with Crippen molar-refractivity contribution >= 4 is 22.3 Å². The van der Waals surface area contributed by atoms with Crippen LogP contribution in [0.25, 0.3) is 10.9 Å². The first kappa shape index (κ1) is 14.0. The summed E-state index contributed by atoms with van der Waals surface area (Å²) in [7, 11) is 0. The van der Waals surface area contributed by atoms with Gasteiger partial charge >= 0.3 is 11.9 Å². The van der Waals surface area contributed by atoms with Crippen molar-refractivity contribution in [3.8, 4) is 0 Å². The van der Waals surface area contributed by atoms with E-state index < -0.39 is 24.1 Å². The van der Waals surface area contributed by atoms with E-state index in [0.717, 1.165) is 6.20 Å². The van der Waals surface area contributed by atoms with Crippen LogP contribution in [0.4, 0.5) is 24.5 Å². The van der Waals surface area contributed by atoms with Crippen molar-refractivity contribution in [2.24, 2.45) is 0 Å². The molecule has 0 aliphatic heterocycles. The highest BCUT2D eigenvalue weighted by Gasteiger charge is 2.27. The van der Waals surface area contributed by atoms with Gasteiger partial charge in [0.25, 0.3) is 0 Å². The predicted octanol–water partition coefficient (Wildman–Crippen LogP) is 3.51. The summed E-state index contributed by atoms with van der Waals surface area (Å²) >= 11 is 0. The fourth-order valence-corrected chi connectivity index (χ4v) is 1.78. The van der Waals surface area contributed by atoms with Crippen molar-refractivity contribution in [2.45, 2.75) is 12.6 Å². The van der Waals surface area contributed by atoms with Gasteiger partial charge in [-0.05, 0) is 6.07 Å². The minimum atomic E-state index is -4.31. The summed E-state index contributed by atoms with van der Waals surface area (Å²) in [5.74, 6) is 0. The van der Waals surface area contributed by atoms with E-state index in [4.69, 9.17) is 0 Å². The van der Waals surface area contributed by atoms with E-state index in [9.17, 15) is 23.3 Å². The molecule has 1 aromatic heterocycles. The first-order chi connectivity index (χ1) is 9.38. The number of nitro groups is 1. The Hall–Kier alpha value is -2.38. The molecule has 0 bridgehead atoms. The highest BCUT2D eigenvalue weighted by Crippen LogP contribution is 2.31. The molecule has 0 fully saturated rings. The van der Waals surface area contributed by atoms with Crippen LogP contribution in [0.2, 0.25) is 0 Å². The van der Waals surface area contributed by atoms with Gasteiger partial charge in [0.1, 0.15) is 11.9 Å². The lowest BCUT2D eigenvalue weighted by atomic mass is 10.1. The van der Waals surface area contributed by atoms with Gasteiger partial charge in [-0.15, -0.1) is 0 Å². The van der Waals surface area contributed by atoms with E-state index in [0.29, 0.717) is 10.9 Å². The molecule has 0 spiro atoms. The Morgan fingerprint density at radius 3 is 2.65 bits per heavy atom. The van der Waals surface area contributed by atoms with Crippen LogP contribution in [0.3, 0.4) is 0 Å². The summed E-state index contributed by atoms with van der Waals surface area (Å²) in [5, 5.41) is 13.8. The third kappa shape index (κ3) is 3.14. The average molecular weight is 285 g/mol. The molecule has 1 heterocycles. The van der Waals surface area contributed by atoms with Crippen LogP contribution < -0.4 is 5.32 Å². The molecule has 106 valence electrons. The smallest absolute Gasteiger partial charge is 0.379 e. The number of rotatable bonds is 4. The van der Waals surface area contributed by atoms with E-state index >= 15 is 0 Å². The summed E-state index contributed by atoms with van der Waals surface area (Å²) in [4.78, 5) is 14.2. The van der Waals surface area contributed by atoms with Crippen LogP contribution in [0.1, 0.15) is 6.42 Å². The number of pyridine rings is 1. The second-order valence-corrected chi connectivity index (χ2v) is 4.08. The van der Waals surface area contributed by atoms with Gasteiger partial charge < -0.3 is 5.32 Å². The molecular weight excluding hydrogens is 275 g/mol. The number of alkyl halides is 3. The van der Waals surface area contributed by atoms with Crippen LogP contribution in [0.5, 0.6) is 0 Å². The second-order valence-electron chi connectivity index (χ2n) is 4.08. The van der Waals surface area contributed by atoms with Gasteiger partial charge in [0.2, 0.25) is 0 Å². The fraction of sp³-hybridized carbons (Fsp3) is 0.250. The zero-order valence-corrected chi connectivity index (χ0v) is 10.1. The molecule has 5 nitrogen and oxygen atoms in total. The standard InChI is InChI=1S/C12H10F3N3O2/c13-12(14,15)5-6-16-11-8-3-1-2-4-9(8)17-7-10(11)18(19)20/h1-4,7H,5-6H2,(H,16,17). The molecule has 0 atom stereocenters. The quantitative estimate of drug-likeness (QED) is 0.689. The van der Waals surface area contributed by atoms with Crippen molar-refractivity contribution in [1.29, 1.82) is 0 Å². The molecule has 2 aromatic rings. The number of para-hydroxylation sites is 1. The van der Waals surface area contributed by atoms with Crippen LogP contribution in [-0.4, -0.2) is 22.6 Å². The van der Waals surface area contributed by atoms with Gasteiger partial charge in [0, 0.05) is 11.9 Å². The SMILES string of the molecule is O=[N+]([O-])c1cnc2ccccc2c1NCCC(F)(F)F. The zero-order chi connectivity index (χ0) is 14.8.